The topological polar surface area (TPSA) is 46.2 Å². The van der Waals surface area contributed by atoms with Crippen LogP contribution in [-0.4, -0.2) is 11.7 Å². The molecular formula is C13H19NO. The number of aryl methyl sites for hydroxylation is 2. The molecule has 0 fully saturated rings. The second-order valence-electron chi connectivity index (χ2n) is 4.80. The lowest BCUT2D eigenvalue weighted by molar-refractivity contribution is 0.133. The molecule has 0 spiro atoms. The summed E-state index contributed by atoms with van der Waals surface area (Å²) in [7, 11) is 0. The Hall–Kier alpha value is -0.860. The smallest absolute Gasteiger partial charge is 0.0672 e. The van der Waals surface area contributed by atoms with Gasteiger partial charge in [0.25, 0.3) is 0 Å². The summed E-state index contributed by atoms with van der Waals surface area (Å²) < 4.78 is 0. The van der Waals surface area contributed by atoms with E-state index in [0.29, 0.717) is 5.92 Å². The number of rotatable bonds is 1. The summed E-state index contributed by atoms with van der Waals surface area (Å²) >= 11 is 0. The number of aliphatic hydroxyl groups excluding tert-OH is 1. The Bertz CT molecular complexity index is 375. The van der Waals surface area contributed by atoms with Gasteiger partial charge in [0, 0.05) is 0 Å². The van der Waals surface area contributed by atoms with Gasteiger partial charge in [-0.15, -0.1) is 0 Å². The number of benzene rings is 1. The summed E-state index contributed by atoms with van der Waals surface area (Å²) in [4.78, 5) is 0. The summed E-state index contributed by atoms with van der Waals surface area (Å²) in [5.74, 6) is 0.345. The Morgan fingerprint density at radius 2 is 2.27 bits per heavy atom. The van der Waals surface area contributed by atoms with Gasteiger partial charge in [0.15, 0.2) is 0 Å². The number of nitrogens with two attached hydrogens (primary N) is 1. The van der Waals surface area contributed by atoms with E-state index in [9.17, 15) is 5.11 Å². The molecule has 82 valence electrons. The maximum absolute atomic E-state index is 9.51. The van der Waals surface area contributed by atoms with Gasteiger partial charge in [0.1, 0.15) is 0 Å². The lowest BCUT2D eigenvalue weighted by Gasteiger charge is -2.40. The zero-order valence-electron chi connectivity index (χ0n) is 9.46. The van der Waals surface area contributed by atoms with Crippen LogP contribution < -0.4 is 5.73 Å². The van der Waals surface area contributed by atoms with Crippen LogP contribution >= 0.6 is 0 Å². The van der Waals surface area contributed by atoms with Gasteiger partial charge in [-0.3, -0.25) is 0 Å². The molecule has 0 aliphatic heterocycles. The Morgan fingerprint density at radius 1 is 1.53 bits per heavy atom. The first kappa shape index (κ1) is 10.7. The van der Waals surface area contributed by atoms with Crippen LogP contribution in [0, 0.1) is 12.8 Å². The summed E-state index contributed by atoms with van der Waals surface area (Å²) in [5.41, 5.74) is 9.48. The summed E-state index contributed by atoms with van der Waals surface area (Å²) in [5, 5.41) is 9.51. The molecule has 0 amide bonds. The molecule has 0 radical (unpaired) electrons. The molecule has 1 aromatic carbocycles. The maximum Gasteiger partial charge on any atom is 0.0672 e. The highest BCUT2D eigenvalue weighted by Crippen LogP contribution is 2.37. The Kier molecular flexibility index (Phi) is 2.57. The van der Waals surface area contributed by atoms with Crippen LogP contribution in [0.2, 0.25) is 0 Å². The van der Waals surface area contributed by atoms with Gasteiger partial charge in [-0.25, -0.2) is 0 Å². The highest BCUT2D eigenvalue weighted by atomic mass is 16.3. The molecule has 2 rings (SSSR count). The van der Waals surface area contributed by atoms with E-state index in [1.54, 1.807) is 0 Å². The third kappa shape index (κ3) is 1.58. The zero-order chi connectivity index (χ0) is 11.1. The van der Waals surface area contributed by atoms with Gasteiger partial charge in [-0.2, -0.15) is 0 Å². The van der Waals surface area contributed by atoms with E-state index in [1.165, 1.54) is 11.1 Å². The third-order valence-corrected chi connectivity index (χ3v) is 3.75. The van der Waals surface area contributed by atoms with E-state index in [1.807, 2.05) is 0 Å². The number of hydrogen-bond donors (Lipinski definition) is 2. The fraction of sp³-hybridized carbons (Fsp3) is 0.538. The normalized spacial score (nSPS) is 30.0. The molecule has 15 heavy (non-hydrogen) atoms. The van der Waals surface area contributed by atoms with Gasteiger partial charge in [0.2, 0.25) is 0 Å². The molecule has 2 heteroatoms. The minimum atomic E-state index is -0.540. The molecule has 0 saturated heterocycles. The van der Waals surface area contributed by atoms with E-state index < -0.39 is 5.54 Å². The molecule has 1 aliphatic rings. The molecule has 0 bridgehead atoms. The van der Waals surface area contributed by atoms with E-state index >= 15 is 0 Å². The quantitative estimate of drug-likeness (QED) is 0.733. The molecule has 0 aromatic heterocycles. The maximum atomic E-state index is 9.51. The number of aliphatic hydroxyl groups is 1. The number of fused-ring (bicyclic) bond motifs is 1. The molecule has 0 heterocycles. The molecular weight excluding hydrogens is 186 g/mol. The van der Waals surface area contributed by atoms with Gasteiger partial charge in [-0.1, -0.05) is 30.7 Å². The summed E-state index contributed by atoms with van der Waals surface area (Å²) in [6, 6.07) is 6.35. The summed E-state index contributed by atoms with van der Waals surface area (Å²) in [6.07, 6.45) is 2.14. The van der Waals surface area contributed by atoms with Crippen molar-refractivity contribution in [2.24, 2.45) is 11.7 Å². The number of hydrogen-bond acceptors (Lipinski definition) is 2. The molecule has 3 N–H and O–H groups in total. The largest absolute Gasteiger partial charge is 0.394 e. The second kappa shape index (κ2) is 3.62. The predicted octanol–water partition coefficient (Wildman–Crippen LogP) is 1.72. The van der Waals surface area contributed by atoms with Crippen LogP contribution in [0.1, 0.15) is 30.0 Å². The lowest BCUT2D eigenvalue weighted by atomic mass is 9.70. The van der Waals surface area contributed by atoms with Crippen molar-refractivity contribution < 1.29 is 5.11 Å². The monoisotopic (exact) mass is 205 g/mol. The van der Waals surface area contributed by atoms with Gasteiger partial charge < -0.3 is 10.8 Å². The second-order valence-corrected chi connectivity index (χ2v) is 4.80. The van der Waals surface area contributed by atoms with E-state index in [0.717, 1.165) is 18.4 Å². The van der Waals surface area contributed by atoms with Gasteiger partial charge in [-0.05, 0) is 36.8 Å². The van der Waals surface area contributed by atoms with Crippen LogP contribution in [0.25, 0.3) is 0 Å². The average molecular weight is 205 g/mol. The van der Waals surface area contributed by atoms with E-state index in [4.69, 9.17) is 5.73 Å². The van der Waals surface area contributed by atoms with Crippen LogP contribution in [0.4, 0.5) is 0 Å². The SMILES string of the molecule is Cc1ccc2c(c1)CCC(C)C2(N)CO. The first-order valence-corrected chi connectivity index (χ1v) is 5.57. The van der Waals surface area contributed by atoms with Crippen LogP contribution in [0.15, 0.2) is 18.2 Å². The van der Waals surface area contributed by atoms with Gasteiger partial charge in [0.05, 0.1) is 12.1 Å². The first-order valence-electron chi connectivity index (χ1n) is 5.57. The highest BCUT2D eigenvalue weighted by Gasteiger charge is 2.37. The van der Waals surface area contributed by atoms with Crippen molar-refractivity contribution in [3.05, 3.63) is 34.9 Å². The van der Waals surface area contributed by atoms with E-state index in [-0.39, 0.29) is 6.61 Å². The Labute approximate surface area is 91.1 Å². The van der Waals surface area contributed by atoms with Crippen molar-refractivity contribution in [1.29, 1.82) is 0 Å². The van der Waals surface area contributed by atoms with Crippen LogP contribution in [-0.2, 0) is 12.0 Å². The lowest BCUT2D eigenvalue weighted by Crippen LogP contribution is -2.49. The highest BCUT2D eigenvalue weighted by molar-refractivity contribution is 5.39. The van der Waals surface area contributed by atoms with Crippen molar-refractivity contribution in [3.63, 3.8) is 0 Å². The fourth-order valence-corrected chi connectivity index (χ4v) is 2.52. The third-order valence-electron chi connectivity index (χ3n) is 3.75. The molecule has 1 aromatic rings. The molecule has 1 aliphatic carbocycles. The molecule has 0 saturated carbocycles. The van der Waals surface area contributed by atoms with Crippen LogP contribution in [0.3, 0.4) is 0 Å². The Morgan fingerprint density at radius 3 is 2.93 bits per heavy atom. The first-order chi connectivity index (χ1) is 7.08. The van der Waals surface area contributed by atoms with Crippen molar-refractivity contribution in [1.82, 2.24) is 0 Å². The molecule has 2 unspecified atom stereocenters. The average Bonchev–Trinajstić information content (AvgIpc) is 2.23. The van der Waals surface area contributed by atoms with Crippen molar-refractivity contribution in [2.75, 3.05) is 6.61 Å². The molecule has 2 nitrogen and oxygen atoms in total. The standard InChI is InChI=1S/C13H19NO/c1-9-3-6-12-11(7-9)5-4-10(2)13(12,14)8-15/h3,6-7,10,15H,4-5,8,14H2,1-2H3. The summed E-state index contributed by atoms with van der Waals surface area (Å²) in [6.45, 7) is 4.25. The molecule has 2 atom stereocenters. The fourth-order valence-electron chi connectivity index (χ4n) is 2.52. The minimum Gasteiger partial charge on any atom is -0.394 e. The van der Waals surface area contributed by atoms with Crippen molar-refractivity contribution >= 4 is 0 Å². The van der Waals surface area contributed by atoms with Crippen LogP contribution in [0.5, 0.6) is 0 Å². The zero-order valence-corrected chi connectivity index (χ0v) is 9.46. The minimum absolute atomic E-state index is 0.0320. The van der Waals surface area contributed by atoms with Crippen molar-refractivity contribution in [2.45, 2.75) is 32.2 Å². The van der Waals surface area contributed by atoms with E-state index in [2.05, 4.69) is 32.0 Å². The predicted molar refractivity (Wildman–Crippen MR) is 61.6 cm³/mol. The Balaban J connectivity index is 2.53. The van der Waals surface area contributed by atoms with Gasteiger partial charge >= 0.3 is 0 Å². The van der Waals surface area contributed by atoms with Crippen molar-refractivity contribution in [3.8, 4) is 0 Å².